The maximum atomic E-state index is 10.5. The van der Waals surface area contributed by atoms with Crippen molar-refractivity contribution in [3.63, 3.8) is 0 Å². The number of azide groups is 1. The van der Waals surface area contributed by atoms with Crippen LogP contribution in [0.5, 0.6) is 0 Å². The highest BCUT2D eigenvalue weighted by Gasteiger charge is 2.11. The molecule has 2 rings (SSSR count). The lowest BCUT2D eigenvalue weighted by atomic mass is 10.1. The third-order valence-corrected chi connectivity index (χ3v) is 2.89. The number of aromatic nitrogens is 2. The fourth-order valence-corrected chi connectivity index (χ4v) is 1.95. The third-order valence-electron chi connectivity index (χ3n) is 2.19. The van der Waals surface area contributed by atoms with Gasteiger partial charge in [-0.05, 0) is 29.2 Å². The van der Waals surface area contributed by atoms with E-state index >= 15 is 0 Å². The van der Waals surface area contributed by atoms with Crippen LogP contribution < -0.4 is 0 Å². The van der Waals surface area contributed by atoms with Crippen LogP contribution >= 0.6 is 11.5 Å². The number of nitro benzene ring substituents is 1. The molecule has 0 radical (unpaired) electrons. The Morgan fingerprint density at radius 3 is 2.78 bits per heavy atom. The van der Waals surface area contributed by atoms with Crippen LogP contribution in [0.4, 0.5) is 5.69 Å². The van der Waals surface area contributed by atoms with Gasteiger partial charge in [-0.1, -0.05) is 9.60 Å². The van der Waals surface area contributed by atoms with E-state index < -0.39 is 4.92 Å². The van der Waals surface area contributed by atoms with Gasteiger partial charge in [0.1, 0.15) is 5.69 Å². The van der Waals surface area contributed by atoms with Gasteiger partial charge in [-0.15, -0.1) is 5.10 Å². The lowest BCUT2D eigenvalue weighted by molar-refractivity contribution is -0.384. The van der Waals surface area contributed by atoms with Crippen LogP contribution in [0.2, 0.25) is 0 Å². The van der Waals surface area contributed by atoms with Gasteiger partial charge in [-0.3, -0.25) is 10.1 Å². The Labute approximate surface area is 105 Å². The number of benzene rings is 1. The SMILES string of the molecule is [N-]=[N+]=NCc1snnc1-c1ccc([N+](=O)[O-])cc1. The van der Waals surface area contributed by atoms with Gasteiger partial charge < -0.3 is 0 Å². The zero-order valence-corrected chi connectivity index (χ0v) is 9.74. The lowest BCUT2D eigenvalue weighted by Crippen LogP contribution is -1.88. The van der Waals surface area contributed by atoms with Gasteiger partial charge in [-0.2, -0.15) is 0 Å². The first kappa shape index (κ1) is 12.0. The van der Waals surface area contributed by atoms with E-state index in [1.54, 1.807) is 12.1 Å². The van der Waals surface area contributed by atoms with Crippen molar-refractivity contribution < 1.29 is 4.92 Å². The lowest BCUT2D eigenvalue weighted by Gasteiger charge is -1.98. The number of nitrogens with zero attached hydrogens (tertiary/aromatic N) is 6. The molecule has 0 N–H and O–H groups in total. The van der Waals surface area contributed by atoms with Crippen molar-refractivity contribution in [3.05, 3.63) is 49.7 Å². The Bertz CT molecular complexity index is 616. The summed E-state index contributed by atoms with van der Waals surface area (Å²) in [6.45, 7) is 0.167. The summed E-state index contributed by atoms with van der Waals surface area (Å²) in [7, 11) is 0. The summed E-state index contributed by atoms with van der Waals surface area (Å²) >= 11 is 1.13. The molecule has 0 saturated heterocycles. The molecule has 8 nitrogen and oxygen atoms in total. The minimum absolute atomic E-state index is 0.0125. The molecule has 0 aliphatic heterocycles. The fourth-order valence-electron chi connectivity index (χ4n) is 1.37. The first-order chi connectivity index (χ1) is 8.72. The molecule has 90 valence electrons. The van der Waals surface area contributed by atoms with E-state index in [1.165, 1.54) is 12.1 Å². The van der Waals surface area contributed by atoms with E-state index in [0.29, 0.717) is 11.3 Å². The molecular weight excluding hydrogens is 256 g/mol. The maximum Gasteiger partial charge on any atom is 0.269 e. The zero-order valence-electron chi connectivity index (χ0n) is 8.92. The van der Waals surface area contributed by atoms with Crippen molar-refractivity contribution in [3.8, 4) is 11.3 Å². The van der Waals surface area contributed by atoms with E-state index in [1.807, 2.05) is 0 Å². The molecule has 0 bridgehead atoms. The Morgan fingerprint density at radius 2 is 2.17 bits per heavy atom. The summed E-state index contributed by atoms with van der Waals surface area (Å²) in [5.41, 5.74) is 9.58. The minimum Gasteiger partial charge on any atom is -0.258 e. The quantitative estimate of drug-likeness (QED) is 0.276. The van der Waals surface area contributed by atoms with Crippen molar-refractivity contribution in [1.82, 2.24) is 9.59 Å². The van der Waals surface area contributed by atoms with Gasteiger partial charge in [0.05, 0.1) is 16.3 Å². The summed E-state index contributed by atoms with van der Waals surface area (Å²) in [4.78, 5) is 13.5. The second-order valence-electron chi connectivity index (χ2n) is 3.24. The predicted octanol–water partition coefficient (Wildman–Crippen LogP) is 2.92. The van der Waals surface area contributed by atoms with Gasteiger partial charge in [0.25, 0.3) is 5.69 Å². The maximum absolute atomic E-state index is 10.5. The molecule has 0 saturated carbocycles. The summed E-state index contributed by atoms with van der Waals surface area (Å²) in [6.07, 6.45) is 0. The smallest absolute Gasteiger partial charge is 0.258 e. The fraction of sp³-hybridized carbons (Fsp3) is 0.111. The molecule has 0 amide bonds. The Kier molecular flexibility index (Phi) is 3.46. The molecular formula is C9H6N6O2S. The summed E-state index contributed by atoms with van der Waals surface area (Å²) in [5, 5.41) is 17.9. The Balaban J connectivity index is 2.33. The third kappa shape index (κ3) is 2.42. The van der Waals surface area contributed by atoms with Gasteiger partial charge in [0.15, 0.2) is 0 Å². The summed E-state index contributed by atoms with van der Waals surface area (Å²) in [5.74, 6) is 0. The number of nitro groups is 1. The molecule has 0 fully saturated rings. The summed E-state index contributed by atoms with van der Waals surface area (Å²) < 4.78 is 3.78. The van der Waals surface area contributed by atoms with Gasteiger partial charge in [0, 0.05) is 22.6 Å². The standard InChI is InChI=1S/C9H6N6O2S/c10-13-11-5-8-9(12-14-18-8)6-1-3-7(4-2-6)15(16)17/h1-4H,5H2. The summed E-state index contributed by atoms with van der Waals surface area (Å²) in [6, 6.07) is 5.97. The van der Waals surface area contributed by atoms with Gasteiger partial charge in [-0.25, -0.2) is 0 Å². The van der Waals surface area contributed by atoms with Crippen molar-refractivity contribution in [2.75, 3.05) is 0 Å². The monoisotopic (exact) mass is 262 g/mol. The van der Waals surface area contributed by atoms with Crippen LogP contribution in [0.3, 0.4) is 0 Å². The van der Waals surface area contributed by atoms with Crippen LogP contribution in [0.1, 0.15) is 4.88 Å². The normalized spacial score (nSPS) is 9.78. The molecule has 0 aliphatic carbocycles. The van der Waals surface area contributed by atoms with Crippen molar-refractivity contribution in [1.29, 1.82) is 0 Å². The molecule has 0 atom stereocenters. The largest absolute Gasteiger partial charge is 0.269 e. The molecule has 1 heterocycles. The molecule has 0 spiro atoms. The van der Waals surface area contributed by atoms with Crippen LogP contribution in [0, 0.1) is 10.1 Å². The molecule has 1 aromatic carbocycles. The Morgan fingerprint density at radius 1 is 1.44 bits per heavy atom. The van der Waals surface area contributed by atoms with Gasteiger partial charge >= 0.3 is 0 Å². The highest BCUT2D eigenvalue weighted by Crippen LogP contribution is 2.26. The first-order valence-electron chi connectivity index (χ1n) is 4.79. The van der Waals surface area contributed by atoms with E-state index in [-0.39, 0.29) is 12.2 Å². The number of hydrogen-bond donors (Lipinski definition) is 0. The molecule has 2 aromatic rings. The van der Waals surface area contributed by atoms with Crippen molar-refractivity contribution >= 4 is 17.2 Å². The average Bonchev–Trinajstić information content (AvgIpc) is 2.84. The van der Waals surface area contributed by atoms with Crippen molar-refractivity contribution in [2.45, 2.75) is 6.54 Å². The number of hydrogen-bond acceptors (Lipinski definition) is 6. The van der Waals surface area contributed by atoms with E-state index in [9.17, 15) is 10.1 Å². The molecule has 1 aromatic heterocycles. The minimum atomic E-state index is -0.468. The van der Waals surface area contributed by atoms with Crippen LogP contribution in [-0.2, 0) is 6.54 Å². The van der Waals surface area contributed by atoms with E-state index in [0.717, 1.165) is 16.4 Å². The molecule has 9 heteroatoms. The zero-order chi connectivity index (χ0) is 13.0. The predicted molar refractivity (Wildman–Crippen MR) is 64.8 cm³/mol. The molecule has 0 unspecified atom stereocenters. The number of non-ortho nitro benzene ring substituents is 1. The molecule has 18 heavy (non-hydrogen) atoms. The second kappa shape index (κ2) is 5.21. The second-order valence-corrected chi connectivity index (χ2v) is 4.08. The number of rotatable bonds is 4. The van der Waals surface area contributed by atoms with Crippen LogP contribution in [0.25, 0.3) is 21.7 Å². The van der Waals surface area contributed by atoms with E-state index in [4.69, 9.17) is 5.53 Å². The molecule has 0 aliphatic rings. The highest BCUT2D eigenvalue weighted by molar-refractivity contribution is 7.05. The topological polar surface area (TPSA) is 118 Å². The van der Waals surface area contributed by atoms with Crippen molar-refractivity contribution in [2.24, 2.45) is 5.11 Å². The Hall–Kier alpha value is -2.51. The van der Waals surface area contributed by atoms with E-state index in [2.05, 4.69) is 19.6 Å². The van der Waals surface area contributed by atoms with Gasteiger partial charge in [0.2, 0.25) is 0 Å². The van der Waals surface area contributed by atoms with Crippen LogP contribution in [0.15, 0.2) is 29.4 Å². The van der Waals surface area contributed by atoms with Crippen LogP contribution in [-0.4, -0.2) is 14.5 Å². The highest BCUT2D eigenvalue weighted by atomic mass is 32.1. The average molecular weight is 262 g/mol. The first-order valence-corrected chi connectivity index (χ1v) is 5.56.